The van der Waals surface area contributed by atoms with Crippen molar-refractivity contribution in [3.8, 4) is 0 Å². The number of nitrogens with zero attached hydrogens (tertiary/aromatic N) is 3. The number of carbonyl (C=O) groups excluding carboxylic acids is 1. The normalized spacial score (nSPS) is 12.1. The zero-order valence-electron chi connectivity index (χ0n) is 10.4. The molecule has 2 aromatic heterocycles. The maximum atomic E-state index is 11.5. The number of ether oxygens (including phenoxy) is 1. The molecule has 18 heavy (non-hydrogen) atoms. The minimum atomic E-state index is -0.371. The van der Waals surface area contributed by atoms with Crippen molar-refractivity contribution in [2.75, 3.05) is 7.11 Å². The van der Waals surface area contributed by atoms with Crippen LogP contribution in [-0.4, -0.2) is 27.6 Å². The molecule has 0 aliphatic carbocycles. The number of esters is 1. The van der Waals surface area contributed by atoms with Gasteiger partial charge in [0.15, 0.2) is 0 Å². The minimum absolute atomic E-state index is 0.277. The number of hydrogen-bond acceptors (Lipinski definition) is 4. The van der Waals surface area contributed by atoms with Crippen LogP contribution >= 0.6 is 0 Å². The van der Waals surface area contributed by atoms with E-state index in [2.05, 4.69) is 9.97 Å². The van der Waals surface area contributed by atoms with E-state index in [-0.39, 0.29) is 12.0 Å². The summed E-state index contributed by atoms with van der Waals surface area (Å²) < 4.78 is 6.56. The molecule has 5 heteroatoms. The average molecular weight is 245 g/mol. The molecule has 1 atom stereocenters. The predicted octanol–water partition coefficient (Wildman–Crippen LogP) is 1.60. The van der Waals surface area contributed by atoms with E-state index in [1.165, 1.54) is 7.11 Å². The van der Waals surface area contributed by atoms with Gasteiger partial charge < -0.3 is 9.30 Å². The Hall–Kier alpha value is -2.17. The van der Waals surface area contributed by atoms with Crippen molar-refractivity contribution in [1.29, 1.82) is 0 Å². The first-order valence-electron chi connectivity index (χ1n) is 5.71. The summed E-state index contributed by atoms with van der Waals surface area (Å²) in [4.78, 5) is 19.9. The molecule has 0 saturated carbocycles. The molecular formula is C13H15N3O2. The number of hydrogen-bond donors (Lipinski definition) is 0. The van der Waals surface area contributed by atoms with Gasteiger partial charge in [-0.25, -0.2) is 9.78 Å². The van der Waals surface area contributed by atoms with E-state index in [1.807, 2.05) is 16.7 Å². The molecule has 0 saturated heterocycles. The van der Waals surface area contributed by atoms with Crippen LogP contribution in [-0.2, 0) is 16.0 Å². The molecule has 0 spiro atoms. The first kappa shape index (κ1) is 12.3. The van der Waals surface area contributed by atoms with Gasteiger partial charge in [0.2, 0.25) is 0 Å². The summed E-state index contributed by atoms with van der Waals surface area (Å²) in [6.07, 6.45) is 7.63. The number of aromatic nitrogens is 3. The Kier molecular flexibility index (Phi) is 3.72. The van der Waals surface area contributed by atoms with Gasteiger partial charge in [-0.3, -0.25) is 4.98 Å². The molecule has 2 aromatic rings. The fourth-order valence-corrected chi connectivity index (χ4v) is 1.80. The molecule has 0 radical (unpaired) electrons. The highest BCUT2D eigenvalue weighted by Crippen LogP contribution is 2.14. The van der Waals surface area contributed by atoms with E-state index in [0.29, 0.717) is 6.42 Å². The molecule has 0 amide bonds. The number of rotatable bonds is 4. The third-order valence-electron chi connectivity index (χ3n) is 2.79. The second-order valence-electron chi connectivity index (χ2n) is 3.99. The summed E-state index contributed by atoms with van der Waals surface area (Å²) in [6.45, 7) is 1.79. The number of pyridine rings is 1. The molecule has 0 bridgehead atoms. The smallest absolute Gasteiger partial charge is 0.328 e. The third kappa shape index (κ3) is 2.56. The number of imidazole rings is 1. The highest BCUT2D eigenvalue weighted by atomic mass is 16.5. The Balaban J connectivity index is 2.20. The minimum Gasteiger partial charge on any atom is -0.467 e. The van der Waals surface area contributed by atoms with Crippen LogP contribution in [0, 0.1) is 0 Å². The molecule has 2 heterocycles. The standard InChI is InChI=1S/C13H15N3O2/c1-10(13(17)18-2)16-7-6-15-12(16)8-11-4-3-5-14-9-11/h3-7,9-10H,8H2,1-2H3. The highest BCUT2D eigenvalue weighted by Gasteiger charge is 2.18. The third-order valence-corrected chi connectivity index (χ3v) is 2.79. The molecule has 5 nitrogen and oxygen atoms in total. The van der Waals surface area contributed by atoms with Crippen LogP contribution in [0.15, 0.2) is 36.9 Å². The lowest BCUT2D eigenvalue weighted by atomic mass is 10.2. The molecular weight excluding hydrogens is 230 g/mol. The lowest BCUT2D eigenvalue weighted by molar-refractivity contribution is -0.144. The van der Waals surface area contributed by atoms with Crippen LogP contribution in [0.1, 0.15) is 24.4 Å². The van der Waals surface area contributed by atoms with Crippen molar-refractivity contribution in [2.24, 2.45) is 0 Å². The first-order valence-corrected chi connectivity index (χ1v) is 5.71. The van der Waals surface area contributed by atoms with Gasteiger partial charge in [0.25, 0.3) is 0 Å². The SMILES string of the molecule is COC(=O)C(C)n1ccnc1Cc1cccnc1. The molecule has 0 fully saturated rings. The summed E-state index contributed by atoms with van der Waals surface area (Å²) in [6, 6.07) is 3.49. The summed E-state index contributed by atoms with van der Waals surface area (Å²) in [5.74, 6) is 0.543. The molecule has 0 aliphatic rings. The summed E-state index contributed by atoms with van der Waals surface area (Å²) >= 11 is 0. The monoisotopic (exact) mass is 245 g/mol. The van der Waals surface area contributed by atoms with Crippen LogP contribution in [0.5, 0.6) is 0 Å². The van der Waals surface area contributed by atoms with Crippen molar-refractivity contribution in [2.45, 2.75) is 19.4 Å². The summed E-state index contributed by atoms with van der Waals surface area (Å²) in [5, 5.41) is 0. The Labute approximate surface area is 105 Å². The topological polar surface area (TPSA) is 57.0 Å². The Morgan fingerprint density at radius 2 is 2.33 bits per heavy atom. The van der Waals surface area contributed by atoms with Crippen molar-refractivity contribution in [3.63, 3.8) is 0 Å². The fourth-order valence-electron chi connectivity index (χ4n) is 1.80. The Morgan fingerprint density at radius 3 is 3.00 bits per heavy atom. The maximum Gasteiger partial charge on any atom is 0.328 e. The molecule has 1 unspecified atom stereocenters. The summed E-state index contributed by atoms with van der Waals surface area (Å²) in [7, 11) is 1.39. The van der Waals surface area contributed by atoms with Crippen LogP contribution in [0.2, 0.25) is 0 Å². The van der Waals surface area contributed by atoms with E-state index >= 15 is 0 Å². The number of carbonyl (C=O) groups is 1. The van der Waals surface area contributed by atoms with Crippen LogP contribution < -0.4 is 0 Å². The lowest BCUT2D eigenvalue weighted by Gasteiger charge is -2.13. The van der Waals surface area contributed by atoms with Gasteiger partial charge in [-0.15, -0.1) is 0 Å². The van der Waals surface area contributed by atoms with Crippen LogP contribution in [0.3, 0.4) is 0 Å². The molecule has 0 N–H and O–H groups in total. The fraction of sp³-hybridized carbons (Fsp3) is 0.308. The molecule has 0 aliphatic heterocycles. The Bertz CT molecular complexity index is 522. The van der Waals surface area contributed by atoms with E-state index in [9.17, 15) is 4.79 Å². The van der Waals surface area contributed by atoms with Gasteiger partial charge in [-0.05, 0) is 18.6 Å². The molecule has 94 valence electrons. The second kappa shape index (κ2) is 5.44. The largest absolute Gasteiger partial charge is 0.467 e. The van der Waals surface area contributed by atoms with Crippen molar-refractivity contribution >= 4 is 5.97 Å². The van der Waals surface area contributed by atoms with E-state index in [0.717, 1.165) is 11.4 Å². The predicted molar refractivity (Wildman–Crippen MR) is 66.0 cm³/mol. The molecule has 0 aromatic carbocycles. The van der Waals surface area contributed by atoms with Crippen LogP contribution in [0.25, 0.3) is 0 Å². The van der Waals surface area contributed by atoms with Crippen molar-refractivity contribution in [1.82, 2.24) is 14.5 Å². The number of methoxy groups -OCH3 is 1. The maximum absolute atomic E-state index is 11.5. The lowest BCUT2D eigenvalue weighted by Crippen LogP contribution is -2.19. The Morgan fingerprint density at radius 1 is 1.50 bits per heavy atom. The van der Waals surface area contributed by atoms with Gasteiger partial charge in [0.1, 0.15) is 11.9 Å². The van der Waals surface area contributed by atoms with Crippen molar-refractivity contribution < 1.29 is 9.53 Å². The molecule has 2 rings (SSSR count). The van der Waals surface area contributed by atoms with E-state index < -0.39 is 0 Å². The summed E-state index contributed by atoms with van der Waals surface area (Å²) in [5.41, 5.74) is 1.06. The van der Waals surface area contributed by atoms with E-state index in [4.69, 9.17) is 4.74 Å². The van der Waals surface area contributed by atoms with Gasteiger partial charge in [0.05, 0.1) is 7.11 Å². The average Bonchev–Trinajstić information content (AvgIpc) is 2.86. The van der Waals surface area contributed by atoms with E-state index in [1.54, 1.807) is 31.7 Å². The van der Waals surface area contributed by atoms with Gasteiger partial charge in [-0.2, -0.15) is 0 Å². The zero-order valence-corrected chi connectivity index (χ0v) is 10.4. The highest BCUT2D eigenvalue weighted by molar-refractivity contribution is 5.73. The van der Waals surface area contributed by atoms with Gasteiger partial charge in [0, 0.05) is 31.2 Å². The van der Waals surface area contributed by atoms with Gasteiger partial charge >= 0.3 is 5.97 Å². The quantitative estimate of drug-likeness (QED) is 0.768. The van der Waals surface area contributed by atoms with Crippen LogP contribution in [0.4, 0.5) is 0 Å². The zero-order chi connectivity index (χ0) is 13.0. The first-order chi connectivity index (χ1) is 8.72. The second-order valence-corrected chi connectivity index (χ2v) is 3.99. The van der Waals surface area contributed by atoms with Gasteiger partial charge in [-0.1, -0.05) is 6.07 Å². The van der Waals surface area contributed by atoms with Crippen molar-refractivity contribution in [3.05, 3.63) is 48.3 Å².